The van der Waals surface area contributed by atoms with Crippen LogP contribution in [-0.2, 0) is 23.1 Å². The predicted molar refractivity (Wildman–Crippen MR) is 62.3 cm³/mol. The summed E-state index contributed by atoms with van der Waals surface area (Å²) in [5.41, 5.74) is 2.31. The number of nitrogens with zero attached hydrogens (tertiary/aromatic N) is 2. The average Bonchev–Trinajstić information content (AvgIpc) is 2.56. The van der Waals surface area contributed by atoms with E-state index in [9.17, 15) is 0 Å². The van der Waals surface area contributed by atoms with Crippen molar-refractivity contribution in [1.29, 1.82) is 0 Å². The van der Waals surface area contributed by atoms with E-state index in [-0.39, 0.29) is 0 Å². The van der Waals surface area contributed by atoms with Crippen LogP contribution < -0.4 is 5.32 Å². The molecule has 16 heavy (non-hydrogen) atoms. The topological polar surface area (TPSA) is 48.3 Å². The molecule has 0 atom stereocenters. The lowest BCUT2D eigenvalue weighted by Gasteiger charge is -2.05. The third-order valence-corrected chi connectivity index (χ3v) is 2.29. The zero-order valence-electron chi connectivity index (χ0n) is 10.3. The van der Waals surface area contributed by atoms with Crippen LogP contribution in [0.5, 0.6) is 0 Å². The van der Waals surface area contributed by atoms with Crippen LogP contribution in [-0.4, -0.2) is 43.3 Å². The van der Waals surface area contributed by atoms with E-state index in [4.69, 9.17) is 9.47 Å². The Kier molecular flexibility index (Phi) is 6.07. The lowest BCUT2D eigenvalue weighted by atomic mass is 10.2. The second kappa shape index (κ2) is 7.38. The van der Waals surface area contributed by atoms with Gasteiger partial charge in [-0.3, -0.25) is 4.68 Å². The Morgan fingerprint density at radius 2 is 2.19 bits per heavy atom. The minimum atomic E-state index is 0.654. The first kappa shape index (κ1) is 13.2. The van der Waals surface area contributed by atoms with E-state index >= 15 is 0 Å². The highest BCUT2D eigenvalue weighted by Crippen LogP contribution is 2.03. The largest absolute Gasteiger partial charge is 0.382 e. The summed E-state index contributed by atoms with van der Waals surface area (Å²) in [5, 5.41) is 7.59. The van der Waals surface area contributed by atoms with Crippen molar-refractivity contribution in [2.24, 2.45) is 7.05 Å². The van der Waals surface area contributed by atoms with Crippen molar-refractivity contribution in [2.75, 3.05) is 33.5 Å². The smallest absolute Gasteiger partial charge is 0.0700 e. The standard InChI is InChI=1S/C11H21N3O2/c1-10-11(9-14(2)13-10)8-12-4-5-16-7-6-15-3/h9,12H,4-8H2,1-3H3. The highest BCUT2D eigenvalue weighted by atomic mass is 16.5. The third-order valence-electron chi connectivity index (χ3n) is 2.29. The van der Waals surface area contributed by atoms with Crippen LogP contribution in [0.15, 0.2) is 6.20 Å². The SMILES string of the molecule is COCCOCCNCc1cn(C)nc1C. The fraction of sp³-hybridized carbons (Fsp3) is 0.727. The molecule has 1 aromatic heterocycles. The molecular weight excluding hydrogens is 206 g/mol. The van der Waals surface area contributed by atoms with Crippen molar-refractivity contribution in [3.63, 3.8) is 0 Å². The normalized spacial score (nSPS) is 10.9. The van der Waals surface area contributed by atoms with Crippen LogP contribution in [0.2, 0.25) is 0 Å². The molecule has 1 rings (SSSR count). The Morgan fingerprint density at radius 1 is 1.38 bits per heavy atom. The van der Waals surface area contributed by atoms with Gasteiger partial charge in [0, 0.05) is 39.0 Å². The van der Waals surface area contributed by atoms with E-state index in [0.717, 1.165) is 18.8 Å². The molecule has 0 aliphatic carbocycles. The van der Waals surface area contributed by atoms with Gasteiger partial charge in [0.05, 0.1) is 25.5 Å². The van der Waals surface area contributed by atoms with Gasteiger partial charge in [-0.1, -0.05) is 0 Å². The van der Waals surface area contributed by atoms with E-state index in [1.165, 1.54) is 5.56 Å². The fourth-order valence-electron chi connectivity index (χ4n) is 1.43. The molecule has 1 aromatic rings. The van der Waals surface area contributed by atoms with Crippen LogP contribution in [0.25, 0.3) is 0 Å². The molecule has 0 aliphatic rings. The summed E-state index contributed by atoms with van der Waals surface area (Å²) in [6.45, 7) is 5.73. The maximum absolute atomic E-state index is 5.34. The zero-order valence-corrected chi connectivity index (χ0v) is 10.3. The molecule has 92 valence electrons. The minimum Gasteiger partial charge on any atom is -0.382 e. The zero-order chi connectivity index (χ0) is 11.8. The molecule has 0 bridgehead atoms. The highest BCUT2D eigenvalue weighted by molar-refractivity contribution is 5.14. The molecule has 0 radical (unpaired) electrons. The van der Waals surface area contributed by atoms with E-state index < -0.39 is 0 Å². The quantitative estimate of drug-likeness (QED) is 0.656. The van der Waals surface area contributed by atoms with Gasteiger partial charge < -0.3 is 14.8 Å². The monoisotopic (exact) mass is 227 g/mol. The highest BCUT2D eigenvalue weighted by Gasteiger charge is 2.01. The van der Waals surface area contributed by atoms with E-state index in [0.29, 0.717) is 19.8 Å². The van der Waals surface area contributed by atoms with E-state index in [2.05, 4.69) is 10.4 Å². The van der Waals surface area contributed by atoms with Crippen LogP contribution in [0, 0.1) is 6.92 Å². The number of aryl methyl sites for hydroxylation is 2. The Labute approximate surface area is 96.7 Å². The van der Waals surface area contributed by atoms with Gasteiger partial charge >= 0.3 is 0 Å². The van der Waals surface area contributed by atoms with Crippen LogP contribution in [0.3, 0.4) is 0 Å². The molecule has 0 aliphatic heterocycles. The predicted octanol–water partition coefficient (Wildman–Crippen LogP) is 0.481. The number of hydrogen-bond donors (Lipinski definition) is 1. The Balaban J connectivity index is 2.05. The molecule has 0 aromatic carbocycles. The molecule has 0 unspecified atom stereocenters. The molecular formula is C11H21N3O2. The van der Waals surface area contributed by atoms with Gasteiger partial charge in [0.25, 0.3) is 0 Å². The Hall–Kier alpha value is -0.910. The number of ether oxygens (including phenoxy) is 2. The number of hydrogen-bond acceptors (Lipinski definition) is 4. The molecule has 1 heterocycles. The van der Waals surface area contributed by atoms with E-state index in [1.54, 1.807) is 7.11 Å². The summed E-state index contributed by atoms with van der Waals surface area (Å²) in [5.74, 6) is 0. The second-order valence-corrected chi connectivity index (χ2v) is 3.70. The van der Waals surface area contributed by atoms with Crippen molar-refractivity contribution < 1.29 is 9.47 Å². The molecule has 0 saturated carbocycles. The van der Waals surface area contributed by atoms with Gasteiger partial charge in [-0.25, -0.2) is 0 Å². The lowest BCUT2D eigenvalue weighted by Crippen LogP contribution is -2.20. The summed E-state index contributed by atoms with van der Waals surface area (Å²) in [6.07, 6.45) is 2.04. The van der Waals surface area contributed by atoms with Gasteiger partial charge in [0.15, 0.2) is 0 Å². The molecule has 0 saturated heterocycles. The average molecular weight is 227 g/mol. The van der Waals surface area contributed by atoms with Gasteiger partial charge in [-0.15, -0.1) is 0 Å². The Morgan fingerprint density at radius 3 is 2.81 bits per heavy atom. The Bertz CT molecular complexity index is 299. The summed E-state index contributed by atoms with van der Waals surface area (Å²) in [4.78, 5) is 0. The number of nitrogens with one attached hydrogen (secondary N) is 1. The summed E-state index contributed by atoms with van der Waals surface area (Å²) >= 11 is 0. The molecule has 5 heteroatoms. The first-order valence-corrected chi connectivity index (χ1v) is 5.50. The van der Waals surface area contributed by atoms with E-state index in [1.807, 2.05) is 24.9 Å². The van der Waals surface area contributed by atoms with Crippen LogP contribution in [0.4, 0.5) is 0 Å². The maximum Gasteiger partial charge on any atom is 0.0700 e. The van der Waals surface area contributed by atoms with Crippen molar-refractivity contribution in [2.45, 2.75) is 13.5 Å². The van der Waals surface area contributed by atoms with Crippen molar-refractivity contribution in [1.82, 2.24) is 15.1 Å². The summed E-state index contributed by atoms with van der Waals surface area (Å²) in [6, 6.07) is 0. The van der Waals surface area contributed by atoms with Crippen molar-refractivity contribution in [3.05, 3.63) is 17.5 Å². The minimum absolute atomic E-state index is 0.654. The number of aromatic nitrogens is 2. The molecule has 1 N–H and O–H groups in total. The van der Waals surface area contributed by atoms with Crippen molar-refractivity contribution >= 4 is 0 Å². The number of rotatable bonds is 8. The van der Waals surface area contributed by atoms with Gasteiger partial charge in [-0.05, 0) is 6.92 Å². The van der Waals surface area contributed by atoms with Crippen molar-refractivity contribution in [3.8, 4) is 0 Å². The third kappa shape index (κ3) is 4.74. The fourth-order valence-corrected chi connectivity index (χ4v) is 1.43. The molecule has 0 spiro atoms. The molecule has 0 fully saturated rings. The van der Waals surface area contributed by atoms with Gasteiger partial charge in [0.1, 0.15) is 0 Å². The lowest BCUT2D eigenvalue weighted by molar-refractivity contribution is 0.0719. The molecule has 0 amide bonds. The van der Waals surface area contributed by atoms with Crippen LogP contribution >= 0.6 is 0 Å². The first-order chi connectivity index (χ1) is 7.74. The first-order valence-electron chi connectivity index (χ1n) is 5.50. The van der Waals surface area contributed by atoms with Crippen LogP contribution in [0.1, 0.15) is 11.3 Å². The van der Waals surface area contributed by atoms with Gasteiger partial charge in [-0.2, -0.15) is 5.10 Å². The second-order valence-electron chi connectivity index (χ2n) is 3.70. The molecule has 5 nitrogen and oxygen atoms in total. The number of methoxy groups -OCH3 is 1. The maximum atomic E-state index is 5.34. The van der Waals surface area contributed by atoms with Gasteiger partial charge in [0.2, 0.25) is 0 Å². The summed E-state index contributed by atoms with van der Waals surface area (Å²) in [7, 11) is 3.61. The summed E-state index contributed by atoms with van der Waals surface area (Å²) < 4.78 is 12.1.